The normalized spacial score (nSPS) is 10.5. The highest BCUT2D eigenvalue weighted by molar-refractivity contribution is 6.12. The number of hydrogen-bond acceptors (Lipinski definition) is 3. The summed E-state index contributed by atoms with van der Waals surface area (Å²) in [6.07, 6.45) is 1.60. The van der Waals surface area contributed by atoms with E-state index in [4.69, 9.17) is 5.73 Å². The van der Waals surface area contributed by atoms with Gasteiger partial charge in [-0.05, 0) is 36.8 Å². The summed E-state index contributed by atoms with van der Waals surface area (Å²) in [5.41, 5.74) is 8.79. The van der Waals surface area contributed by atoms with Crippen LogP contribution in [0.5, 0.6) is 0 Å². The second-order valence-electron chi connectivity index (χ2n) is 4.93. The summed E-state index contributed by atoms with van der Waals surface area (Å²) in [5.74, 6) is -0.239. The molecule has 0 radical (unpaired) electrons. The average molecular weight is 277 g/mol. The van der Waals surface area contributed by atoms with Gasteiger partial charge in [0.1, 0.15) is 5.69 Å². The topological polar surface area (TPSA) is 68.0 Å². The van der Waals surface area contributed by atoms with Gasteiger partial charge < -0.3 is 11.1 Å². The molecule has 3 aromatic rings. The van der Waals surface area contributed by atoms with Gasteiger partial charge in [0.2, 0.25) is 0 Å². The van der Waals surface area contributed by atoms with Gasteiger partial charge in [0.05, 0.1) is 0 Å². The lowest BCUT2D eigenvalue weighted by Crippen LogP contribution is -2.14. The number of anilines is 2. The van der Waals surface area contributed by atoms with Gasteiger partial charge in [-0.2, -0.15) is 0 Å². The maximum absolute atomic E-state index is 12.4. The number of rotatable bonds is 2. The van der Waals surface area contributed by atoms with Crippen molar-refractivity contribution in [2.24, 2.45) is 0 Å². The third-order valence-electron chi connectivity index (χ3n) is 3.33. The van der Waals surface area contributed by atoms with Crippen molar-refractivity contribution in [1.29, 1.82) is 0 Å². The highest BCUT2D eigenvalue weighted by Crippen LogP contribution is 2.23. The van der Waals surface area contributed by atoms with E-state index < -0.39 is 0 Å². The van der Waals surface area contributed by atoms with Crippen molar-refractivity contribution in [3.05, 3.63) is 66.0 Å². The van der Waals surface area contributed by atoms with E-state index in [1.54, 1.807) is 6.20 Å². The van der Waals surface area contributed by atoms with Crippen LogP contribution >= 0.6 is 0 Å². The molecule has 1 amide bonds. The third-order valence-corrected chi connectivity index (χ3v) is 3.33. The summed E-state index contributed by atoms with van der Waals surface area (Å²) in [6.45, 7) is 1.98. The Morgan fingerprint density at radius 3 is 2.71 bits per heavy atom. The van der Waals surface area contributed by atoms with Gasteiger partial charge >= 0.3 is 0 Å². The number of aryl methyl sites for hydroxylation is 1. The molecule has 21 heavy (non-hydrogen) atoms. The fourth-order valence-corrected chi connectivity index (χ4v) is 2.33. The number of amides is 1. The van der Waals surface area contributed by atoms with Crippen LogP contribution in [0, 0.1) is 6.92 Å². The molecule has 1 aromatic heterocycles. The smallest absolute Gasteiger partial charge is 0.274 e. The summed E-state index contributed by atoms with van der Waals surface area (Å²) >= 11 is 0. The van der Waals surface area contributed by atoms with Crippen molar-refractivity contribution in [3.8, 4) is 0 Å². The van der Waals surface area contributed by atoms with Crippen LogP contribution in [0.1, 0.15) is 16.1 Å². The molecule has 3 rings (SSSR count). The van der Waals surface area contributed by atoms with Crippen LogP contribution in [0.25, 0.3) is 10.8 Å². The molecule has 2 aromatic carbocycles. The number of benzene rings is 2. The van der Waals surface area contributed by atoms with E-state index in [-0.39, 0.29) is 5.91 Å². The standard InChI is InChI=1S/C17H15N3O/c1-11-4-2-5-12(10-11)20-17(21)16-14-6-3-7-15(18)13(14)8-9-19-16/h2-10H,18H2,1H3,(H,20,21). The average Bonchev–Trinajstić information content (AvgIpc) is 2.47. The van der Waals surface area contributed by atoms with Gasteiger partial charge in [0.15, 0.2) is 0 Å². The van der Waals surface area contributed by atoms with E-state index in [0.717, 1.165) is 22.0 Å². The number of hydrogen-bond donors (Lipinski definition) is 2. The fourth-order valence-electron chi connectivity index (χ4n) is 2.33. The molecule has 0 aliphatic heterocycles. The summed E-state index contributed by atoms with van der Waals surface area (Å²) in [7, 11) is 0. The largest absolute Gasteiger partial charge is 0.398 e. The molecule has 0 bridgehead atoms. The zero-order chi connectivity index (χ0) is 14.8. The van der Waals surface area contributed by atoms with Crippen molar-refractivity contribution in [3.63, 3.8) is 0 Å². The Morgan fingerprint density at radius 2 is 1.90 bits per heavy atom. The van der Waals surface area contributed by atoms with Crippen LogP contribution in [-0.2, 0) is 0 Å². The number of nitrogens with zero attached hydrogens (tertiary/aromatic N) is 1. The van der Waals surface area contributed by atoms with E-state index >= 15 is 0 Å². The molecule has 0 aliphatic rings. The second-order valence-corrected chi connectivity index (χ2v) is 4.93. The molecule has 4 heteroatoms. The predicted octanol–water partition coefficient (Wildman–Crippen LogP) is 3.38. The van der Waals surface area contributed by atoms with Crippen molar-refractivity contribution in [1.82, 2.24) is 4.98 Å². The number of aromatic nitrogens is 1. The quantitative estimate of drug-likeness (QED) is 0.706. The molecule has 0 atom stereocenters. The zero-order valence-corrected chi connectivity index (χ0v) is 11.6. The van der Waals surface area contributed by atoms with E-state index in [1.165, 1.54) is 0 Å². The zero-order valence-electron chi connectivity index (χ0n) is 11.6. The molecule has 0 fully saturated rings. The van der Waals surface area contributed by atoms with Crippen LogP contribution in [0.3, 0.4) is 0 Å². The van der Waals surface area contributed by atoms with Crippen LogP contribution in [0.4, 0.5) is 11.4 Å². The lowest BCUT2D eigenvalue weighted by Gasteiger charge is -2.09. The Morgan fingerprint density at radius 1 is 1.10 bits per heavy atom. The molecule has 4 nitrogen and oxygen atoms in total. The van der Waals surface area contributed by atoms with Gasteiger partial charge in [-0.3, -0.25) is 9.78 Å². The van der Waals surface area contributed by atoms with Gasteiger partial charge in [0, 0.05) is 28.3 Å². The first-order chi connectivity index (χ1) is 10.1. The molecule has 0 saturated carbocycles. The minimum absolute atomic E-state index is 0.239. The molecular weight excluding hydrogens is 262 g/mol. The van der Waals surface area contributed by atoms with Gasteiger partial charge in [-0.1, -0.05) is 24.3 Å². The Kier molecular flexibility index (Phi) is 3.28. The number of carbonyl (C=O) groups is 1. The number of fused-ring (bicyclic) bond motifs is 1. The monoisotopic (exact) mass is 277 g/mol. The molecular formula is C17H15N3O. The fraction of sp³-hybridized carbons (Fsp3) is 0.0588. The minimum Gasteiger partial charge on any atom is -0.398 e. The van der Waals surface area contributed by atoms with Crippen molar-refractivity contribution in [2.45, 2.75) is 6.92 Å². The maximum Gasteiger partial charge on any atom is 0.274 e. The van der Waals surface area contributed by atoms with Gasteiger partial charge in [0.25, 0.3) is 5.91 Å². The second kappa shape index (κ2) is 5.25. The summed E-state index contributed by atoms with van der Waals surface area (Å²) in [6, 6.07) is 14.9. The minimum atomic E-state index is -0.239. The van der Waals surface area contributed by atoms with Crippen molar-refractivity contribution >= 4 is 28.1 Å². The van der Waals surface area contributed by atoms with Gasteiger partial charge in [-0.25, -0.2) is 0 Å². The SMILES string of the molecule is Cc1cccc(NC(=O)c2nccc3c(N)cccc23)c1. The van der Waals surface area contributed by atoms with Crippen LogP contribution in [0.15, 0.2) is 54.7 Å². The highest BCUT2D eigenvalue weighted by atomic mass is 16.1. The Balaban J connectivity index is 2.00. The number of pyridine rings is 1. The lowest BCUT2D eigenvalue weighted by molar-refractivity contribution is 0.102. The van der Waals surface area contributed by atoms with Crippen LogP contribution in [0.2, 0.25) is 0 Å². The van der Waals surface area contributed by atoms with Crippen molar-refractivity contribution < 1.29 is 4.79 Å². The van der Waals surface area contributed by atoms with E-state index in [0.29, 0.717) is 11.4 Å². The maximum atomic E-state index is 12.4. The molecule has 0 aliphatic carbocycles. The Hall–Kier alpha value is -2.88. The number of nitrogens with one attached hydrogen (secondary N) is 1. The van der Waals surface area contributed by atoms with Crippen molar-refractivity contribution in [2.75, 3.05) is 11.1 Å². The predicted molar refractivity (Wildman–Crippen MR) is 85.3 cm³/mol. The first-order valence-corrected chi connectivity index (χ1v) is 6.66. The summed E-state index contributed by atoms with van der Waals surface area (Å²) < 4.78 is 0. The number of carbonyl (C=O) groups excluding carboxylic acids is 1. The highest BCUT2D eigenvalue weighted by Gasteiger charge is 2.12. The van der Waals surface area contributed by atoms with Crippen LogP contribution < -0.4 is 11.1 Å². The number of nitrogen functional groups attached to an aromatic ring is 1. The van der Waals surface area contributed by atoms with E-state index in [1.807, 2.05) is 55.5 Å². The van der Waals surface area contributed by atoms with Gasteiger partial charge in [-0.15, -0.1) is 0 Å². The van der Waals surface area contributed by atoms with E-state index in [9.17, 15) is 4.79 Å². The molecule has 0 saturated heterocycles. The first-order valence-electron chi connectivity index (χ1n) is 6.66. The Bertz CT molecular complexity index is 827. The molecule has 3 N–H and O–H groups in total. The summed E-state index contributed by atoms with van der Waals surface area (Å²) in [4.78, 5) is 16.6. The first kappa shape index (κ1) is 13.1. The van der Waals surface area contributed by atoms with E-state index in [2.05, 4.69) is 10.3 Å². The Labute approximate surface area is 122 Å². The van der Waals surface area contributed by atoms with Crippen LogP contribution in [-0.4, -0.2) is 10.9 Å². The molecule has 1 heterocycles. The molecule has 0 spiro atoms. The number of nitrogens with two attached hydrogens (primary N) is 1. The third kappa shape index (κ3) is 2.56. The molecule has 0 unspecified atom stereocenters. The summed E-state index contributed by atoms with van der Waals surface area (Å²) in [5, 5.41) is 4.46. The lowest BCUT2D eigenvalue weighted by atomic mass is 10.1. The molecule has 104 valence electrons.